The zero-order valence-corrected chi connectivity index (χ0v) is 31.0. The number of piperazine rings is 1. The van der Waals surface area contributed by atoms with Crippen LogP contribution in [-0.4, -0.2) is 98.3 Å². The van der Waals surface area contributed by atoms with Gasteiger partial charge in [0.1, 0.15) is 12.1 Å². The molecule has 12 heteroatoms. The number of aromatic amines is 1. The van der Waals surface area contributed by atoms with Crippen molar-refractivity contribution in [1.82, 2.24) is 35.8 Å². The number of pyridine rings is 1. The molecule has 2 aliphatic rings. The minimum atomic E-state index is -1.22. The van der Waals surface area contributed by atoms with Crippen molar-refractivity contribution < 1.29 is 24.6 Å². The Labute approximate surface area is 317 Å². The van der Waals surface area contributed by atoms with E-state index in [1.807, 2.05) is 60.7 Å². The summed E-state index contributed by atoms with van der Waals surface area (Å²) in [5.41, 5.74) is 2.41. The lowest BCUT2D eigenvalue weighted by atomic mass is 9.82. The third-order valence-corrected chi connectivity index (χ3v) is 11.1. The van der Waals surface area contributed by atoms with Gasteiger partial charge in [-0.1, -0.05) is 80.6 Å². The van der Waals surface area contributed by atoms with Crippen LogP contribution in [0.4, 0.5) is 0 Å². The van der Waals surface area contributed by atoms with Crippen molar-refractivity contribution in [3.8, 4) is 0 Å². The van der Waals surface area contributed by atoms with Crippen LogP contribution < -0.4 is 16.0 Å². The van der Waals surface area contributed by atoms with E-state index >= 15 is 0 Å². The fraction of sp³-hybridized carbons (Fsp3) is 0.500. The number of imidazole rings is 1. The molecular formula is C42H55N7O5. The van der Waals surface area contributed by atoms with E-state index in [2.05, 4.69) is 30.9 Å². The molecule has 0 radical (unpaired) electrons. The highest BCUT2D eigenvalue weighted by Gasteiger charge is 2.35. The molecule has 4 aromatic rings. The van der Waals surface area contributed by atoms with Gasteiger partial charge in [0.15, 0.2) is 0 Å². The Morgan fingerprint density at radius 3 is 2.43 bits per heavy atom. The van der Waals surface area contributed by atoms with Crippen molar-refractivity contribution in [2.75, 3.05) is 26.2 Å². The van der Waals surface area contributed by atoms with Crippen LogP contribution in [0.3, 0.4) is 0 Å². The van der Waals surface area contributed by atoms with Crippen molar-refractivity contribution in [2.45, 2.75) is 94.9 Å². The lowest BCUT2D eigenvalue weighted by molar-refractivity contribution is -0.137. The van der Waals surface area contributed by atoms with Crippen LogP contribution >= 0.6 is 0 Å². The maximum absolute atomic E-state index is 14.4. The van der Waals surface area contributed by atoms with Crippen molar-refractivity contribution >= 4 is 28.5 Å². The summed E-state index contributed by atoms with van der Waals surface area (Å²) in [6.45, 7) is 2.55. The number of hydrogen-bond donors (Lipinski definition) is 6. The van der Waals surface area contributed by atoms with E-state index in [-0.39, 0.29) is 25.2 Å². The first-order valence-corrected chi connectivity index (χ1v) is 19.6. The van der Waals surface area contributed by atoms with Crippen molar-refractivity contribution in [2.24, 2.45) is 11.8 Å². The molecule has 5 atom stereocenters. The number of nitrogens with zero attached hydrogens (tertiary/aromatic N) is 3. The van der Waals surface area contributed by atoms with Gasteiger partial charge in [-0.05, 0) is 60.1 Å². The number of nitrogens with one attached hydrogen (secondary N) is 4. The van der Waals surface area contributed by atoms with Crippen molar-refractivity contribution in [3.63, 3.8) is 0 Å². The number of aryl methyl sites for hydroxylation is 1. The molecule has 2 unspecified atom stereocenters. The Hall–Kier alpha value is -4.65. The SMILES string of the molecule is O=C(NC(Cc1cnc[nH]1)C(=O)N[C@@H](CC1CCCCC1)[C@@H](O)[C@@H](O)CCc1ccccn1)C(CC(=O)N1CCNCC1)Cc1cccc2ccccc12. The molecule has 2 aromatic heterocycles. The first kappa shape index (κ1) is 39.1. The lowest BCUT2D eigenvalue weighted by Crippen LogP contribution is -2.56. The average Bonchev–Trinajstić information content (AvgIpc) is 3.73. The maximum Gasteiger partial charge on any atom is 0.243 e. The largest absolute Gasteiger partial charge is 0.390 e. The normalized spacial score (nSPS) is 18.0. The van der Waals surface area contributed by atoms with E-state index in [0.29, 0.717) is 57.1 Å². The lowest BCUT2D eigenvalue weighted by Gasteiger charge is -2.33. The van der Waals surface area contributed by atoms with Gasteiger partial charge in [-0.3, -0.25) is 19.4 Å². The van der Waals surface area contributed by atoms with Crippen LogP contribution in [0.1, 0.15) is 68.3 Å². The number of carbonyl (C=O) groups is 3. The Morgan fingerprint density at radius 2 is 1.67 bits per heavy atom. The molecular weight excluding hydrogens is 683 g/mol. The Bertz CT molecular complexity index is 1770. The average molecular weight is 738 g/mol. The second kappa shape index (κ2) is 19.6. The molecule has 1 saturated carbocycles. The van der Waals surface area contributed by atoms with Crippen LogP contribution in [-0.2, 0) is 33.6 Å². The second-order valence-electron chi connectivity index (χ2n) is 15.0. The summed E-state index contributed by atoms with van der Waals surface area (Å²) < 4.78 is 0. The van der Waals surface area contributed by atoms with Gasteiger partial charge in [-0.25, -0.2) is 4.98 Å². The molecule has 1 saturated heterocycles. The van der Waals surface area contributed by atoms with E-state index in [1.54, 1.807) is 17.3 Å². The number of H-pyrrole nitrogens is 1. The van der Waals surface area contributed by atoms with Crippen LogP contribution in [0, 0.1) is 11.8 Å². The zero-order valence-electron chi connectivity index (χ0n) is 31.0. The topological polar surface area (TPSA) is 173 Å². The van der Waals surface area contributed by atoms with Crippen molar-refractivity contribution in [1.29, 1.82) is 0 Å². The highest BCUT2D eigenvalue weighted by Crippen LogP contribution is 2.29. The summed E-state index contributed by atoms with van der Waals surface area (Å²) in [7, 11) is 0. The monoisotopic (exact) mass is 737 g/mol. The molecule has 3 heterocycles. The number of aromatic nitrogens is 3. The molecule has 1 aliphatic heterocycles. The number of amides is 3. The summed E-state index contributed by atoms with van der Waals surface area (Å²) in [6, 6.07) is 17.8. The minimum Gasteiger partial charge on any atom is -0.390 e. The molecule has 0 spiro atoms. The number of benzene rings is 2. The van der Waals surface area contributed by atoms with Gasteiger partial charge in [-0.15, -0.1) is 0 Å². The molecule has 54 heavy (non-hydrogen) atoms. The Morgan fingerprint density at radius 1 is 0.889 bits per heavy atom. The van der Waals surface area contributed by atoms with Crippen LogP contribution in [0.2, 0.25) is 0 Å². The third kappa shape index (κ3) is 11.0. The highest BCUT2D eigenvalue weighted by atomic mass is 16.3. The standard InChI is InChI=1S/C42H55N7O5/c50-38(17-16-33-14-6-7-18-45-33)40(52)36(23-29-9-2-1-3-10-29)47-42(54)37(26-34-27-44-28-46-34)48-41(53)32(25-39(51)49-21-19-43-20-22-49)24-31-13-8-12-30-11-4-5-15-35(30)31/h4-8,11-15,18,27-29,32,36-38,40,43,50,52H,1-3,9-10,16-17,19-26H2,(H,44,46)(H,47,54)(H,48,53)/t32?,36-,37?,38-,40+/m0/s1. The van der Waals surface area contributed by atoms with E-state index < -0.39 is 42.0 Å². The molecule has 12 nitrogen and oxygen atoms in total. The number of hydrogen-bond acceptors (Lipinski definition) is 8. The fourth-order valence-electron chi connectivity index (χ4n) is 7.99. The number of fused-ring (bicyclic) bond motifs is 1. The first-order chi connectivity index (χ1) is 26.3. The number of aliphatic hydroxyl groups excluding tert-OH is 2. The van der Waals surface area contributed by atoms with E-state index in [9.17, 15) is 24.6 Å². The smallest absolute Gasteiger partial charge is 0.243 e. The summed E-state index contributed by atoms with van der Waals surface area (Å²) in [6.07, 6.45) is 9.56. The van der Waals surface area contributed by atoms with E-state index in [0.717, 1.165) is 54.1 Å². The fourth-order valence-corrected chi connectivity index (χ4v) is 7.99. The summed E-state index contributed by atoms with van der Waals surface area (Å²) in [5.74, 6) is -1.41. The van der Waals surface area contributed by atoms with Crippen LogP contribution in [0.5, 0.6) is 0 Å². The van der Waals surface area contributed by atoms with Gasteiger partial charge in [0.25, 0.3) is 0 Å². The summed E-state index contributed by atoms with van der Waals surface area (Å²) >= 11 is 0. The molecule has 3 amide bonds. The summed E-state index contributed by atoms with van der Waals surface area (Å²) in [4.78, 5) is 55.7. The molecule has 288 valence electrons. The van der Waals surface area contributed by atoms with Gasteiger partial charge in [0.05, 0.1) is 24.4 Å². The van der Waals surface area contributed by atoms with Crippen molar-refractivity contribution in [3.05, 3.63) is 96.3 Å². The van der Waals surface area contributed by atoms with Gasteiger partial charge in [0, 0.05) is 62.8 Å². The molecule has 6 rings (SSSR count). The molecule has 1 aliphatic carbocycles. The Kier molecular flexibility index (Phi) is 14.2. The summed E-state index contributed by atoms with van der Waals surface area (Å²) in [5, 5.41) is 34.2. The molecule has 2 fully saturated rings. The molecule has 2 aromatic carbocycles. The quantitative estimate of drug-likeness (QED) is 0.0957. The molecule has 6 N–H and O–H groups in total. The zero-order chi connectivity index (χ0) is 37.7. The van der Waals surface area contributed by atoms with Gasteiger partial charge < -0.3 is 36.0 Å². The van der Waals surface area contributed by atoms with Crippen LogP contribution in [0.15, 0.2) is 79.4 Å². The predicted octanol–water partition coefficient (Wildman–Crippen LogP) is 3.48. The number of carbonyl (C=O) groups excluding carboxylic acids is 3. The van der Waals surface area contributed by atoms with Gasteiger partial charge >= 0.3 is 0 Å². The maximum atomic E-state index is 14.4. The van der Waals surface area contributed by atoms with Gasteiger partial charge in [-0.2, -0.15) is 0 Å². The number of rotatable bonds is 17. The number of aliphatic hydroxyl groups is 2. The predicted molar refractivity (Wildman–Crippen MR) is 207 cm³/mol. The van der Waals surface area contributed by atoms with Gasteiger partial charge in [0.2, 0.25) is 17.7 Å². The second-order valence-corrected chi connectivity index (χ2v) is 15.0. The van der Waals surface area contributed by atoms with E-state index in [1.165, 1.54) is 6.33 Å². The third-order valence-electron chi connectivity index (χ3n) is 11.1. The first-order valence-electron chi connectivity index (χ1n) is 19.6. The molecule has 0 bridgehead atoms. The van der Waals surface area contributed by atoms with E-state index in [4.69, 9.17) is 0 Å². The highest BCUT2D eigenvalue weighted by molar-refractivity contribution is 5.92. The van der Waals surface area contributed by atoms with Crippen LogP contribution in [0.25, 0.3) is 10.8 Å². The minimum absolute atomic E-state index is 0.00106. The Balaban J connectivity index is 1.22.